The molecule has 4 atom stereocenters. The van der Waals surface area contributed by atoms with E-state index in [2.05, 4.69) is 26.8 Å². The van der Waals surface area contributed by atoms with Gasteiger partial charge in [-0.25, -0.2) is 0 Å². The monoisotopic (exact) mass is 168 g/mol. The molecule has 1 aliphatic rings. The van der Waals surface area contributed by atoms with E-state index in [1.165, 1.54) is 12.8 Å². The van der Waals surface area contributed by atoms with Crippen LogP contribution in [0.25, 0.3) is 0 Å². The summed E-state index contributed by atoms with van der Waals surface area (Å²) in [5.74, 6) is 1.67. The van der Waals surface area contributed by atoms with E-state index in [0.29, 0.717) is 17.8 Å². The highest BCUT2D eigenvalue weighted by Crippen LogP contribution is 2.33. The first-order valence-electron chi connectivity index (χ1n) is 5.03. The molecule has 0 aliphatic heterocycles. The van der Waals surface area contributed by atoms with E-state index >= 15 is 0 Å². The van der Waals surface area contributed by atoms with Crippen LogP contribution in [0.15, 0.2) is 12.2 Å². The summed E-state index contributed by atoms with van der Waals surface area (Å²) in [6.07, 6.45) is 6.34. The Morgan fingerprint density at radius 3 is 2.50 bits per heavy atom. The van der Waals surface area contributed by atoms with Crippen LogP contribution in [-0.2, 0) is 0 Å². The zero-order valence-electron chi connectivity index (χ0n) is 8.33. The lowest BCUT2D eigenvalue weighted by atomic mass is 9.81. The number of rotatable bonds is 3. The fourth-order valence-corrected chi connectivity index (χ4v) is 2.36. The Morgan fingerprint density at radius 1 is 1.42 bits per heavy atom. The lowest BCUT2D eigenvalue weighted by Crippen LogP contribution is -2.25. The molecule has 0 bridgehead atoms. The predicted molar refractivity (Wildman–Crippen MR) is 51.9 cm³/mol. The summed E-state index contributed by atoms with van der Waals surface area (Å²) in [6, 6.07) is 0. The molecule has 0 radical (unpaired) electrons. The third-order valence-corrected chi connectivity index (χ3v) is 3.01. The average Bonchev–Trinajstić information content (AvgIpc) is 2.32. The topological polar surface area (TPSA) is 20.2 Å². The van der Waals surface area contributed by atoms with Gasteiger partial charge in [-0.15, -0.1) is 0 Å². The molecule has 0 aromatic rings. The largest absolute Gasteiger partial charge is 0.389 e. The number of allylic oxidation sites excluding steroid dienone is 1. The van der Waals surface area contributed by atoms with Gasteiger partial charge in [0.05, 0.1) is 6.10 Å². The Labute approximate surface area is 75.5 Å². The van der Waals surface area contributed by atoms with E-state index in [9.17, 15) is 5.11 Å². The SMILES string of the molecule is CCCC(C)C1C(C)C=CC1O. The van der Waals surface area contributed by atoms with Gasteiger partial charge in [0.25, 0.3) is 0 Å². The van der Waals surface area contributed by atoms with Crippen LogP contribution in [0.1, 0.15) is 33.6 Å². The zero-order chi connectivity index (χ0) is 9.14. The Hall–Kier alpha value is -0.300. The van der Waals surface area contributed by atoms with Crippen LogP contribution in [0.4, 0.5) is 0 Å². The summed E-state index contributed by atoms with van der Waals surface area (Å²) >= 11 is 0. The Kier molecular flexibility index (Phi) is 3.33. The van der Waals surface area contributed by atoms with Crippen LogP contribution < -0.4 is 0 Å². The summed E-state index contributed by atoms with van der Waals surface area (Å²) in [6.45, 7) is 6.65. The molecule has 0 saturated heterocycles. The van der Waals surface area contributed by atoms with E-state index in [-0.39, 0.29) is 6.10 Å². The number of aliphatic hydroxyl groups excluding tert-OH is 1. The first-order chi connectivity index (χ1) is 5.66. The quantitative estimate of drug-likeness (QED) is 0.642. The maximum atomic E-state index is 9.67. The highest BCUT2D eigenvalue weighted by atomic mass is 16.3. The molecule has 0 heterocycles. The fourth-order valence-electron chi connectivity index (χ4n) is 2.36. The molecule has 12 heavy (non-hydrogen) atoms. The minimum Gasteiger partial charge on any atom is -0.389 e. The van der Waals surface area contributed by atoms with Gasteiger partial charge in [0, 0.05) is 0 Å². The Balaban J connectivity index is 2.50. The molecular formula is C11H20O. The minimum atomic E-state index is -0.193. The molecule has 1 heteroatoms. The van der Waals surface area contributed by atoms with Crippen molar-refractivity contribution in [2.45, 2.75) is 39.7 Å². The number of aliphatic hydroxyl groups is 1. The van der Waals surface area contributed by atoms with Crippen molar-refractivity contribution in [3.63, 3.8) is 0 Å². The van der Waals surface area contributed by atoms with Crippen LogP contribution >= 0.6 is 0 Å². The van der Waals surface area contributed by atoms with Crippen LogP contribution in [0, 0.1) is 17.8 Å². The van der Waals surface area contributed by atoms with Crippen LogP contribution in [0.2, 0.25) is 0 Å². The maximum Gasteiger partial charge on any atom is 0.0757 e. The molecular weight excluding hydrogens is 148 g/mol. The molecule has 1 N–H and O–H groups in total. The van der Waals surface area contributed by atoms with Crippen molar-refractivity contribution in [1.29, 1.82) is 0 Å². The lowest BCUT2D eigenvalue weighted by molar-refractivity contribution is 0.103. The standard InChI is InChI=1S/C11H20O/c1-4-5-8(2)11-9(3)6-7-10(11)12/h6-12H,4-5H2,1-3H3. The van der Waals surface area contributed by atoms with Crippen LogP contribution in [0.5, 0.6) is 0 Å². The number of hydrogen-bond donors (Lipinski definition) is 1. The Bertz CT molecular complexity index is 150. The molecule has 0 saturated carbocycles. The molecule has 0 amide bonds. The van der Waals surface area contributed by atoms with Crippen molar-refractivity contribution in [2.24, 2.45) is 17.8 Å². The van der Waals surface area contributed by atoms with Crippen molar-refractivity contribution in [1.82, 2.24) is 0 Å². The number of hydrogen-bond acceptors (Lipinski definition) is 1. The first kappa shape index (κ1) is 9.79. The zero-order valence-corrected chi connectivity index (χ0v) is 8.33. The summed E-state index contributed by atoms with van der Waals surface area (Å²) in [5.41, 5.74) is 0. The first-order valence-corrected chi connectivity index (χ1v) is 5.03. The van der Waals surface area contributed by atoms with E-state index < -0.39 is 0 Å². The van der Waals surface area contributed by atoms with Gasteiger partial charge in [-0.1, -0.05) is 45.8 Å². The molecule has 0 aromatic carbocycles. The molecule has 1 nitrogen and oxygen atoms in total. The van der Waals surface area contributed by atoms with Gasteiger partial charge in [0.15, 0.2) is 0 Å². The average molecular weight is 168 g/mol. The van der Waals surface area contributed by atoms with Gasteiger partial charge >= 0.3 is 0 Å². The molecule has 0 aromatic heterocycles. The highest BCUT2D eigenvalue weighted by Gasteiger charge is 2.31. The van der Waals surface area contributed by atoms with Crippen molar-refractivity contribution in [2.75, 3.05) is 0 Å². The van der Waals surface area contributed by atoms with E-state index in [1.807, 2.05) is 6.08 Å². The summed E-state index contributed by atoms with van der Waals surface area (Å²) < 4.78 is 0. The van der Waals surface area contributed by atoms with Crippen LogP contribution in [-0.4, -0.2) is 11.2 Å². The van der Waals surface area contributed by atoms with E-state index in [0.717, 1.165) is 0 Å². The smallest absolute Gasteiger partial charge is 0.0757 e. The van der Waals surface area contributed by atoms with Crippen molar-refractivity contribution in [3.8, 4) is 0 Å². The molecule has 4 unspecified atom stereocenters. The van der Waals surface area contributed by atoms with Gasteiger partial charge in [-0.3, -0.25) is 0 Å². The normalized spacial score (nSPS) is 37.2. The van der Waals surface area contributed by atoms with Gasteiger partial charge in [0.1, 0.15) is 0 Å². The maximum absolute atomic E-state index is 9.67. The minimum absolute atomic E-state index is 0.193. The second kappa shape index (κ2) is 4.08. The fraction of sp³-hybridized carbons (Fsp3) is 0.818. The molecule has 0 fully saturated rings. The predicted octanol–water partition coefficient (Wildman–Crippen LogP) is 2.61. The summed E-state index contributed by atoms with van der Waals surface area (Å²) in [4.78, 5) is 0. The van der Waals surface area contributed by atoms with E-state index in [1.54, 1.807) is 0 Å². The molecule has 0 spiro atoms. The molecule has 70 valence electrons. The van der Waals surface area contributed by atoms with Gasteiger partial charge in [-0.2, -0.15) is 0 Å². The van der Waals surface area contributed by atoms with Gasteiger partial charge < -0.3 is 5.11 Å². The van der Waals surface area contributed by atoms with Crippen molar-refractivity contribution in [3.05, 3.63) is 12.2 Å². The molecule has 1 aliphatic carbocycles. The summed E-state index contributed by atoms with van der Waals surface area (Å²) in [7, 11) is 0. The molecule has 1 rings (SSSR count). The van der Waals surface area contributed by atoms with E-state index in [4.69, 9.17) is 0 Å². The van der Waals surface area contributed by atoms with Crippen molar-refractivity contribution < 1.29 is 5.11 Å². The Morgan fingerprint density at radius 2 is 2.08 bits per heavy atom. The van der Waals surface area contributed by atoms with Gasteiger partial charge in [0.2, 0.25) is 0 Å². The second-order valence-electron chi connectivity index (χ2n) is 4.08. The van der Waals surface area contributed by atoms with Crippen LogP contribution in [0.3, 0.4) is 0 Å². The third-order valence-electron chi connectivity index (χ3n) is 3.01. The van der Waals surface area contributed by atoms with Crippen molar-refractivity contribution >= 4 is 0 Å². The highest BCUT2D eigenvalue weighted by molar-refractivity contribution is 5.07. The lowest BCUT2D eigenvalue weighted by Gasteiger charge is -2.26. The van der Waals surface area contributed by atoms with Gasteiger partial charge in [-0.05, 0) is 17.8 Å². The summed E-state index contributed by atoms with van der Waals surface area (Å²) in [5, 5.41) is 9.67. The third kappa shape index (κ3) is 1.89. The second-order valence-corrected chi connectivity index (χ2v) is 4.08.